The second-order valence-corrected chi connectivity index (χ2v) is 3.48. The Morgan fingerprint density at radius 1 is 1.33 bits per heavy atom. The second-order valence-electron chi connectivity index (χ2n) is 1.99. The van der Waals surface area contributed by atoms with Crippen LogP contribution < -0.4 is 0 Å². The van der Waals surface area contributed by atoms with Gasteiger partial charge >= 0.3 is 0 Å². The molecule has 0 radical (unpaired) electrons. The molecule has 62 valence electrons. The molecule has 0 saturated heterocycles. The standard InChI is InChI=1S/C5HBrCl2N4/c6-4-10-5-9-2(7)1-3(8)12(5)11-4/h1H. The summed E-state index contributed by atoms with van der Waals surface area (Å²) < 4.78 is 1.82. The van der Waals surface area contributed by atoms with Gasteiger partial charge in [0.1, 0.15) is 10.3 Å². The first-order valence-electron chi connectivity index (χ1n) is 2.91. The van der Waals surface area contributed by atoms with E-state index in [1.54, 1.807) is 0 Å². The molecular formula is C5HBrCl2N4. The minimum atomic E-state index is 0.299. The van der Waals surface area contributed by atoms with Crippen molar-refractivity contribution < 1.29 is 0 Å². The largest absolute Gasteiger partial charge is 0.256 e. The number of hydrogen-bond donors (Lipinski definition) is 0. The highest BCUT2D eigenvalue weighted by molar-refractivity contribution is 9.10. The maximum atomic E-state index is 5.79. The third kappa shape index (κ3) is 1.28. The van der Waals surface area contributed by atoms with Gasteiger partial charge in [-0.1, -0.05) is 23.2 Å². The molecule has 0 spiro atoms. The van der Waals surface area contributed by atoms with Gasteiger partial charge in [-0.25, -0.2) is 0 Å². The van der Waals surface area contributed by atoms with E-state index in [0.29, 0.717) is 20.8 Å². The van der Waals surface area contributed by atoms with Gasteiger partial charge in [0.15, 0.2) is 0 Å². The fourth-order valence-electron chi connectivity index (χ4n) is 0.782. The molecule has 0 unspecified atom stereocenters. The molecule has 0 aliphatic heterocycles. The SMILES string of the molecule is Clc1cc(Cl)n2nc(Br)nc2n1. The molecule has 0 aliphatic rings. The Kier molecular flexibility index (Phi) is 1.94. The average Bonchev–Trinajstić information content (AvgIpc) is 2.29. The van der Waals surface area contributed by atoms with E-state index in [9.17, 15) is 0 Å². The summed E-state index contributed by atoms with van der Waals surface area (Å²) in [6.07, 6.45) is 0. The Morgan fingerprint density at radius 3 is 2.83 bits per heavy atom. The lowest BCUT2D eigenvalue weighted by atomic mass is 10.7. The summed E-state index contributed by atoms with van der Waals surface area (Å²) in [6, 6.07) is 1.50. The van der Waals surface area contributed by atoms with Crippen molar-refractivity contribution in [3.63, 3.8) is 0 Å². The Hall–Kier alpha value is -0.390. The summed E-state index contributed by atoms with van der Waals surface area (Å²) >= 11 is 14.5. The smallest absolute Gasteiger partial charge is 0.199 e. The predicted octanol–water partition coefficient (Wildman–Crippen LogP) is 2.19. The van der Waals surface area contributed by atoms with Crippen LogP contribution in [0, 0.1) is 0 Å². The Labute approximate surface area is 85.7 Å². The van der Waals surface area contributed by atoms with Gasteiger partial charge < -0.3 is 0 Å². The molecule has 2 aromatic rings. The highest BCUT2D eigenvalue weighted by atomic mass is 79.9. The molecule has 12 heavy (non-hydrogen) atoms. The fraction of sp³-hybridized carbons (Fsp3) is 0. The number of rotatable bonds is 0. The van der Waals surface area contributed by atoms with E-state index >= 15 is 0 Å². The average molecular weight is 268 g/mol. The Morgan fingerprint density at radius 2 is 2.08 bits per heavy atom. The molecule has 0 atom stereocenters. The fourth-order valence-corrected chi connectivity index (χ4v) is 1.55. The van der Waals surface area contributed by atoms with Crippen LogP contribution in [0.2, 0.25) is 10.3 Å². The number of nitrogens with zero attached hydrogens (tertiary/aromatic N) is 4. The van der Waals surface area contributed by atoms with Crippen LogP contribution in [0.5, 0.6) is 0 Å². The van der Waals surface area contributed by atoms with E-state index < -0.39 is 0 Å². The zero-order chi connectivity index (χ0) is 8.72. The van der Waals surface area contributed by atoms with Gasteiger partial charge in [0, 0.05) is 6.07 Å². The van der Waals surface area contributed by atoms with Crippen LogP contribution in [0.4, 0.5) is 0 Å². The van der Waals surface area contributed by atoms with Crippen LogP contribution in [-0.2, 0) is 0 Å². The normalized spacial score (nSPS) is 10.9. The van der Waals surface area contributed by atoms with Crippen molar-refractivity contribution in [1.82, 2.24) is 19.6 Å². The van der Waals surface area contributed by atoms with Crippen molar-refractivity contribution >= 4 is 44.9 Å². The quantitative estimate of drug-likeness (QED) is 0.688. The van der Waals surface area contributed by atoms with Crippen LogP contribution in [0.1, 0.15) is 0 Å². The lowest BCUT2D eigenvalue weighted by molar-refractivity contribution is 0.928. The molecule has 0 amide bonds. The van der Waals surface area contributed by atoms with E-state index in [-0.39, 0.29) is 0 Å². The zero-order valence-corrected chi connectivity index (χ0v) is 8.60. The lowest BCUT2D eigenvalue weighted by Crippen LogP contribution is -1.92. The second kappa shape index (κ2) is 2.83. The summed E-state index contributed by atoms with van der Waals surface area (Å²) in [7, 11) is 0. The van der Waals surface area contributed by atoms with E-state index in [2.05, 4.69) is 31.0 Å². The van der Waals surface area contributed by atoms with Crippen LogP contribution >= 0.6 is 39.1 Å². The molecule has 7 heteroatoms. The molecule has 0 aromatic carbocycles. The molecule has 2 aromatic heterocycles. The van der Waals surface area contributed by atoms with Crippen LogP contribution in [0.3, 0.4) is 0 Å². The molecule has 0 saturated carbocycles. The zero-order valence-electron chi connectivity index (χ0n) is 5.50. The molecule has 2 heterocycles. The third-order valence-electron chi connectivity index (χ3n) is 1.21. The maximum absolute atomic E-state index is 5.79. The van der Waals surface area contributed by atoms with E-state index in [1.807, 2.05) is 0 Å². The van der Waals surface area contributed by atoms with Gasteiger partial charge in [-0.05, 0) is 15.9 Å². The lowest BCUT2D eigenvalue weighted by Gasteiger charge is -1.93. The molecule has 0 N–H and O–H groups in total. The monoisotopic (exact) mass is 266 g/mol. The minimum absolute atomic E-state index is 0.299. The van der Waals surface area contributed by atoms with Crippen LogP contribution in [-0.4, -0.2) is 19.6 Å². The van der Waals surface area contributed by atoms with Crippen molar-refractivity contribution in [1.29, 1.82) is 0 Å². The van der Waals surface area contributed by atoms with E-state index in [1.165, 1.54) is 10.6 Å². The first-order chi connectivity index (χ1) is 5.66. The molecule has 0 fully saturated rings. The van der Waals surface area contributed by atoms with Gasteiger partial charge in [-0.3, -0.25) is 0 Å². The van der Waals surface area contributed by atoms with Gasteiger partial charge in [0.2, 0.25) is 4.73 Å². The number of halogens is 3. The summed E-state index contributed by atoms with van der Waals surface area (Å²) in [4.78, 5) is 7.82. The van der Waals surface area contributed by atoms with Gasteiger partial charge in [-0.15, -0.1) is 5.10 Å². The van der Waals surface area contributed by atoms with Gasteiger partial charge in [0.25, 0.3) is 5.78 Å². The highest BCUT2D eigenvalue weighted by Gasteiger charge is 2.06. The molecule has 4 nitrogen and oxygen atoms in total. The molecule has 2 rings (SSSR count). The molecule has 0 aliphatic carbocycles. The number of fused-ring (bicyclic) bond motifs is 1. The van der Waals surface area contributed by atoms with Crippen LogP contribution in [0.15, 0.2) is 10.8 Å². The summed E-state index contributed by atoms with van der Waals surface area (Å²) in [5.41, 5.74) is 0. The van der Waals surface area contributed by atoms with Crippen molar-refractivity contribution in [3.8, 4) is 0 Å². The molecular weight excluding hydrogens is 267 g/mol. The highest BCUT2D eigenvalue weighted by Crippen LogP contribution is 2.16. The summed E-state index contributed by atoms with van der Waals surface area (Å²) in [5, 5.41) is 4.60. The minimum Gasteiger partial charge on any atom is -0.199 e. The third-order valence-corrected chi connectivity index (χ3v) is 2.01. The maximum Gasteiger partial charge on any atom is 0.256 e. The van der Waals surface area contributed by atoms with Crippen molar-refractivity contribution in [3.05, 3.63) is 21.1 Å². The number of hydrogen-bond acceptors (Lipinski definition) is 3. The van der Waals surface area contributed by atoms with Crippen LogP contribution in [0.25, 0.3) is 5.78 Å². The van der Waals surface area contributed by atoms with Gasteiger partial charge in [-0.2, -0.15) is 14.5 Å². The molecule has 0 bridgehead atoms. The van der Waals surface area contributed by atoms with Crippen molar-refractivity contribution in [2.24, 2.45) is 0 Å². The van der Waals surface area contributed by atoms with Crippen molar-refractivity contribution in [2.45, 2.75) is 0 Å². The van der Waals surface area contributed by atoms with E-state index in [4.69, 9.17) is 23.2 Å². The first-order valence-corrected chi connectivity index (χ1v) is 4.46. The van der Waals surface area contributed by atoms with E-state index in [0.717, 1.165) is 0 Å². The van der Waals surface area contributed by atoms with Gasteiger partial charge in [0.05, 0.1) is 0 Å². The topological polar surface area (TPSA) is 43.1 Å². The summed E-state index contributed by atoms with van der Waals surface area (Å²) in [5.74, 6) is 0.374. The number of aromatic nitrogens is 4. The Balaban J connectivity index is 2.88. The van der Waals surface area contributed by atoms with Crippen molar-refractivity contribution in [2.75, 3.05) is 0 Å². The Bertz CT molecular complexity index is 440. The summed E-state index contributed by atoms with van der Waals surface area (Å²) in [6.45, 7) is 0. The predicted molar refractivity (Wildman–Crippen MR) is 48.5 cm³/mol. The first kappa shape index (κ1) is 8.22.